The van der Waals surface area contributed by atoms with Crippen LogP contribution in [-0.2, 0) is 10.0 Å². The molecule has 1 aromatic carbocycles. The highest BCUT2D eigenvalue weighted by Gasteiger charge is 2.16. The Labute approximate surface area is 104 Å². The van der Waals surface area contributed by atoms with Crippen molar-refractivity contribution in [1.82, 2.24) is 4.72 Å². The molecule has 94 valence electrons. The number of halogens is 1. The normalized spacial score (nSPS) is 11.4. The zero-order valence-electron chi connectivity index (χ0n) is 8.80. The second-order valence-electron chi connectivity index (χ2n) is 3.19. The van der Waals surface area contributed by atoms with Crippen LogP contribution in [0.2, 0.25) is 0 Å². The lowest BCUT2D eigenvalue weighted by Crippen LogP contribution is -2.25. The van der Waals surface area contributed by atoms with Crippen molar-refractivity contribution in [1.29, 1.82) is 0 Å². The molecule has 0 saturated carbocycles. The zero-order valence-corrected chi connectivity index (χ0v) is 10.4. The van der Waals surface area contributed by atoms with E-state index in [-0.39, 0.29) is 17.1 Å². The monoisotopic (exact) mass is 278 g/mol. The predicted octanol–water partition coefficient (Wildman–Crippen LogP) is 1.50. The first-order valence-corrected chi connectivity index (χ1v) is 6.79. The quantitative estimate of drug-likeness (QED) is 0.370. The van der Waals surface area contributed by atoms with Crippen molar-refractivity contribution in [3.05, 3.63) is 34.4 Å². The molecule has 0 atom stereocenters. The van der Waals surface area contributed by atoms with Gasteiger partial charge >= 0.3 is 0 Å². The van der Waals surface area contributed by atoms with Crippen molar-refractivity contribution < 1.29 is 13.3 Å². The third-order valence-electron chi connectivity index (χ3n) is 1.94. The molecule has 1 rings (SSSR count). The van der Waals surface area contributed by atoms with E-state index >= 15 is 0 Å². The zero-order chi connectivity index (χ0) is 12.9. The first kappa shape index (κ1) is 13.9. The van der Waals surface area contributed by atoms with Gasteiger partial charge in [0.25, 0.3) is 5.69 Å². The highest BCUT2D eigenvalue weighted by molar-refractivity contribution is 7.89. The molecule has 0 aromatic heterocycles. The first-order chi connectivity index (χ1) is 7.97. The van der Waals surface area contributed by atoms with Crippen LogP contribution in [-0.4, -0.2) is 25.8 Å². The molecule has 0 amide bonds. The summed E-state index contributed by atoms with van der Waals surface area (Å²) in [6.45, 7) is 0.203. The van der Waals surface area contributed by atoms with E-state index in [4.69, 9.17) is 11.6 Å². The Hall–Kier alpha value is -1.18. The summed E-state index contributed by atoms with van der Waals surface area (Å²) < 4.78 is 25.7. The summed E-state index contributed by atoms with van der Waals surface area (Å²) >= 11 is 5.42. The largest absolute Gasteiger partial charge is 0.270 e. The predicted molar refractivity (Wildman–Crippen MR) is 63.6 cm³/mol. The summed E-state index contributed by atoms with van der Waals surface area (Å²) in [4.78, 5) is 9.75. The molecule has 8 heteroatoms. The lowest BCUT2D eigenvalue weighted by molar-refractivity contribution is -0.385. The molecule has 0 aliphatic carbocycles. The van der Waals surface area contributed by atoms with Crippen LogP contribution in [0.3, 0.4) is 0 Å². The van der Waals surface area contributed by atoms with Gasteiger partial charge in [0.05, 0.1) is 9.82 Å². The fraction of sp³-hybridized carbons (Fsp3) is 0.333. The number of nitrogens with zero attached hydrogens (tertiary/aromatic N) is 1. The fourth-order valence-corrected chi connectivity index (χ4v) is 2.37. The van der Waals surface area contributed by atoms with Crippen LogP contribution in [0.15, 0.2) is 29.2 Å². The van der Waals surface area contributed by atoms with E-state index in [1.807, 2.05) is 0 Å². The van der Waals surface area contributed by atoms with E-state index in [9.17, 15) is 18.5 Å². The van der Waals surface area contributed by atoms with E-state index in [2.05, 4.69) is 4.72 Å². The second kappa shape index (κ2) is 5.95. The highest BCUT2D eigenvalue weighted by Crippen LogP contribution is 2.16. The highest BCUT2D eigenvalue weighted by atomic mass is 35.5. The molecule has 0 unspecified atom stereocenters. The molecule has 0 spiro atoms. The molecule has 0 radical (unpaired) electrons. The number of hydrogen-bond acceptors (Lipinski definition) is 4. The minimum atomic E-state index is -3.70. The summed E-state index contributed by atoms with van der Waals surface area (Å²) in [6.07, 6.45) is 0.496. The van der Waals surface area contributed by atoms with E-state index in [0.717, 1.165) is 6.07 Å². The van der Waals surface area contributed by atoms with E-state index in [0.29, 0.717) is 12.3 Å². The molecule has 1 aromatic rings. The number of sulfonamides is 1. The minimum absolute atomic E-state index is 0.124. The number of nitrogens with one attached hydrogen (secondary N) is 1. The third kappa shape index (κ3) is 3.95. The van der Waals surface area contributed by atoms with Crippen molar-refractivity contribution in [2.24, 2.45) is 0 Å². The first-order valence-electron chi connectivity index (χ1n) is 4.77. The van der Waals surface area contributed by atoms with Crippen molar-refractivity contribution >= 4 is 27.3 Å². The Kier molecular flexibility index (Phi) is 4.86. The number of non-ortho nitro benzene ring substituents is 1. The molecule has 0 fully saturated rings. The number of benzene rings is 1. The maximum Gasteiger partial charge on any atom is 0.270 e. The third-order valence-corrected chi connectivity index (χ3v) is 3.67. The second-order valence-corrected chi connectivity index (χ2v) is 5.34. The van der Waals surface area contributed by atoms with Gasteiger partial charge in [-0.25, -0.2) is 13.1 Å². The maximum atomic E-state index is 11.7. The average Bonchev–Trinajstić information content (AvgIpc) is 2.29. The van der Waals surface area contributed by atoms with Crippen molar-refractivity contribution in [3.8, 4) is 0 Å². The Morgan fingerprint density at radius 2 is 2.12 bits per heavy atom. The van der Waals surface area contributed by atoms with Gasteiger partial charge in [-0.3, -0.25) is 10.1 Å². The molecular weight excluding hydrogens is 268 g/mol. The standard InChI is InChI=1S/C9H11ClN2O4S/c10-5-2-6-11-17(15,16)9-4-1-3-8(7-9)12(13)14/h1,3-4,7,11H,2,5-6H2. The topological polar surface area (TPSA) is 89.3 Å². The Bertz CT molecular complexity index is 503. The van der Waals surface area contributed by atoms with Gasteiger partial charge in [-0.2, -0.15) is 0 Å². The molecule has 6 nitrogen and oxygen atoms in total. The number of rotatable bonds is 6. The van der Waals surface area contributed by atoms with Gasteiger partial charge in [-0.05, 0) is 12.5 Å². The molecule has 1 N–H and O–H groups in total. The lowest BCUT2D eigenvalue weighted by Gasteiger charge is -2.05. The summed E-state index contributed by atoms with van der Waals surface area (Å²) in [6, 6.07) is 4.88. The molecular formula is C9H11ClN2O4S. The van der Waals surface area contributed by atoms with Crippen LogP contribution >= 0.6 is 11.6 Å². The van der Waals surface area contributed by atoms with Gasteiger partial charge in [-0.15, -0.1) is 11.6 Å². The molecule has 0 bridgehead atoms. The van der Waals surface area contributed by atoms with Crippen LogP contribution in [0.5, 0.6) is 0 Å². The Balaban J connectivity index is 2.91. The number of hydrogen-bond donors (Lipinski definition) is 1. The van der Waals surface area contributed by atoms with E-state index in [1.54, 1.807) is 0 Å². The Morgan fingerprint density at radius 1 is 1.41 bits per heavy atom. The van der Waals surface area contributed by atoms with Crippen LogP contribution in [0, 0.1) is 10.1 Å². The summed E-state index contributed by atoms with van der Waals surface area (Å²) in [5.74, 6) is 0.345. The Morgan fingerprint density at radius 3 is 2.71 bits per heavy atom. The van der Waals surface area contributed by atoms with E-state index in [1.165, 1.54) is 18.2 Å². The van der Waals surface area contributed by atoms with Gasteiger partial charge in [0.15, 0.2) is 0 Å². The molecule has 0 aliphatic rings. The van der Waals surface area contributed by atoms with Crippen LogP contribution in [0.25, 0.3) is 0 Å². The molecule has 0 aliphatic heterocycles. The minimum Gasteiger partial charge on any atom is -0.258 e. The molecule has 0 saturated heterocycles. The number of nitro benzene ring substituents is 1. The lowest BCUT2D eigenvalue weighted by atomic mass is 10.3. The summed E-state index contributed by atoms with van der Waals surface area (Å²) in [7, 11) is -3.70. The molecule has 0 heterocycles. The van der Waals surface area contributed by atoms with Crippen LogP contribution < -0.4 is 4.72 Å². The maximum absolute atomic E-state index is 11.7. The average molecular weight is 279 g/mol. The van der Waals surface area contributed by atoms with Crippen LogP contribution in [0.4, 0.5) is 5.69 Å². The van der Waals surface area contributed by atoms with Gasteiger partial charge in [-0.1, -0.05) is 6.07 Å². The van der Waals surface area contributed by atoms with Crippen molar-refractivity contribution in [3.63, 3.8) is 0 Å². The van der Waals surface area contributed by atoms with E-state index < -0.39 is 14.9 Å². The molecule has 17 heavy (non-hydrogen) atoms. The fourth-order valence-electron chi connectivity index (χ4n) is 1.12. The summed E-state index contributed by atoms with van der Waals surface area (Å²) in [5, 5.41) is 10.5. The van der Waals surface area contributed by atoms with Crippen molar-refractivity contribution in [2.45, 2.75) is 11.3 Å². The smallest absolute Gasteiger partial charge is 0.258 e. The van der Waals surface area contributed by atoms with Gasteiger partial charge in [0.2, 0.25) is 10.0 Å². The van der Waals surface area contributed by atoms with Crippen LogP contribution in [0.1, 0.15) is 6.42 Å². The number of nitro groups is 1. The van der Waals surface area contributed by atoms with Gasteiger partial charge in [0, 0.05) is 24.6 Å². The van der Waals surface area contributed by atoms with Gasteiger partial charge < -0.3 is 0 Å². The SMILES string of the molecule is O=[N+]([O-])c1cccc(S(=O)(=O)NCCCCl)c1. The summed E-state index contributed by atoms with van der Waals surface area (Å²) in [5.41, 5.74) is -0.259. The van der Waals surface area contributed by atoms with Gasteiger partial charge in [0.1, 0.15) is 0 Å². The number of alkyl halides is 1. The van der Waals surface area contributed by atoms with Crippen molar-refractivity contribution in [2.75, 3.05) is 12.4 Å².